The normalized spacial score (nSPS) is 9.56. The molecular weight excluding hydrogens is 220 g/mol. The number of carbonyl (C=O) groups is 1. The molecule has 0 saturated carbocycles. The minimum Gasteiger partial charge on any atom is -0.490 e. The van der Waals surface area contributed by atoms with Gasteiger partial charge in [0.2, 0.25) is 0 Å². The van der Waals surface area contributed by atoms with Crippen LogP contribution >= 0.6 is 0 Å². The van der Waals surface area contributed by atoms with E-state index in [0.717, 1.165) is 12.1 Å². The van der Waals surface area contributed by atoms with E-state index in [-0.39, 0.29) is 12.0 Å². The van der Waals surface area contributed by atoms with E-state index in [1.807, 2.05) is 0 Å². The van der Waals surface area contributed by atoms with Gasteiger partial charge in [-0.3, -0.25) is 25.0 Å². The second-order valence-electron chi connectivity index (χ2n) is 2.68. The Morgan fingerprint density at radius 1 is 1.25 bits per heavy atom. The molecule has 1 aromatic rings. The summed E-state index contributed by atoms with van der Waals surface area (Å²) in [5, 5.41) is 21.2. The third-order valence-electron chi connectivity index (χ3n) is 1.87. The van der Waals surface area contributed by atoms with Gasteiger partial charge < -0.3 is 4.74 Å². The highest BCUT2D eigenvalue weighted by molar-refractivity contribution is 5.89. The summed E-state index contributed by atoms with van der Waals surface area (Å²) in [6.45, 7) is 0. The molecule has 0 heterocycles. The van der Waals surface area contributed by atoms with Crippen LogP contribution in [0.15, 0.2) is 12.1 Å². The average molecular weight is 226 g/mol. The average Bonchev–Trinajstić information content (AvgIpc) is 2.26. The molecule has 0 saturated heterocycles. The number of aldehydes is 1. The summed E-state index contributed by atoms with van der Waals surface area (Å²) in [5.74, 6) is -0.197. The largest absolute Gasteiger partial charge is 0.490 e. The van der Waals surface area contributed by atoms with Crippen LogP contribution in [0.2, 0.25) is 0 Å². The molecule has 0 unspecified atom stereocenters. The summed E-state index contributed by atoms with van der Waals surface area (Å²) in [4.78, 5) is 30.1. The lowest BCUT2D eigenvalue weighted by atomic mass is 10.1. The molecule has 8 heteroatoms. The topological polar surface area (TPSA) is 113 Å². The zero-order valence-corrected chi connectivity index (χ0v) is 8.08. The Balaban J connectivity index is 3.62. The molecule has 0 radical (unpaired) electrons. The van der Waals surface area contributed by atoms with Crippen LogP contribution in [-0.2, 0) is 0 Å². The molecule has 0 aliphatic rings. The number of hydrogen-bond donors (Lipinski definition) is 0. The highest BCUT2D eigenvalue weighted by Crippen LogP contribution is 2.35. The zero-order valence-electron chi connectivity index (χ0n) is 8.08. The Morgan fingerprint density at radius 2 is 1.88 bits per heavy atom. The van der Waals surface area contributed by atoms with Crippen LogP contribution in [0.3, 0.4) is 0 Å². The molecule has 84 valence electrons. The van der Waals surface area contributed by atoms with Crippen LogP contribution in [0.25, 0.3) is 0 Å². The van der Waals surface area contributed by atoms with E-state index < -0.39 is 26.8 Å². The molecule has 0 N–H and O–H groups in total. The van der Waals surface area contributed by atoms with E-state index in [1.54, 1.807) is 0 Å². The summed E-state index contributed by atoms with van der Waals surface area (Å²) in [6, 6.07) is 2.05. The smallest absolute Gasteiger partial charge is 0.328 e. The number of rotatable bonds is 4. The van der Waals surface area contributed by atoms with Crippen LogP contribution < -0.4 is 4.74 Å². The number of carbonyl (C=O) groups excluding carboxylic acids is 1. The van der Waals surface area contributed by atoms with Crippen molar-refractivity contribution >= 4 is 17.7 Å². The maximum Gasteiger partial charge on any atom is 0.328 e. The van der Waals surface area contributed by atoms with E-state index in [4.69, 9.17) is 0 Å². The Hall–Kier alpha value is -2.51. The summed E-state index contributed by atoms with van der Waals surface area (Å²) in [6.07, 6.45) is 0.0682. The molecule has 16 heavy (non-hydrogen) atoms. The van der Waals surface area contributed by atoms with Gasteiger partial charge in [-0.1, -0.05) is 0 Å². The highest BCUT2D eigenvalue weighted by atomic mass is 16.6. The van der Waals surface area contributed by atoms with Gasteiger partial charge in [-0.05, 0) is 6.07 Å². The molecule has 0 spiro atoms. The second-order valence-corrected chi connectivity index (χ2v) is 2.68. The lowest BCUT2D eigenvalue weighted by molar-refractivity contribution is -0.395. The molecule has 0 bridgehead atoms. The van der Waals surface area contributed by atoms with Crippen molar-refractivity contribution in [2.75, 3.05) is 7.11 Å². The molecule has 0 atom stereocenters. The fraction of sp³-hybridized carbons (Fsp3) is 0.125. The molecule has 0 fully saturated rings. The van der Waals surface area contributed by atoms with Gasteiger partial charge in [-0.2, -0.15) is 0 Å². The minimum atomic E-state index is -0.893. The molecule has 0 amide bonds. The van der Waals surface area contributed by atoms with Crippen LogP contribution in [-0.4, -0.2) is 23.2 Å². The molecule has 0 aromatic heterocycles. The van der Waals surface area contributed by atoms with Crippen molar-refractivity contribution in [1.29, 1.82) is 0 Å². The first kappa shape index (κ1) is 11.6. The highest BCUT2D eigenvalue weighted by Gasteiger charge is 2.29. The Kier molecular flexibility index (Phi) is 3.14. The van der Waals surface area contributed by atoms with E-state index in [1.165, 1.54) is 7.11 Å². The number of methoxy groups -OCH3 is 1. The van der Waals surface area contributed by atoms with Gasteiger partial charge in [0, 0.05) is 6.07 Å². The lowest BCUT2D eigenvalue weighted by Crippen LogP contribution is -2.02. The van der Waals surface area contributed by atoms with Gasteiger partial charge in [-0.25, -0.2) is 0 Å². The first-order valence-corrected chi connectivity index (χ1v) is 3.97. The maximum absolute atomic E-state index is 10.7. The number of benzene rings is 1. The van der Waals surface area contributed by atoms with Crippen molar-refractivity contribution in [2.45, 2.75) is 0 Å². The van der Waals surface area contributed by atoms with Crippen LogP contribution in [0.5, 0.6) is 5.75 Å². The first-order chi connectivity index (χ1) is 7.52. The minimum absolute atomic E-state index is 0.0682. The van der Waals surface area contributed by atoms with Crippen molar-refractivity contribution in [1.82, 2.24) is 0 Å². The van der Waals surface area contributed by atoms with Gasteiger partial charge >= 0.3 is 5.69 Å². The predicted molar refractivity (Wildman–Crippen MR) is 51.7 cm³/mol. The van der Waals surface area contributed by atoms with E-state index >= 15 is 0 Å². The molecular formula is C8H6N2O6. The van der Waals surface area contributed by atoms with Gasteiger partial charge in [0.25, 0.3) is 5.69 Å². The number of nitro groups is 2. The number of hydrogen-bond acceptors (Lipinski definition) is 6. The number of nitro benzene ring substituents is 2. The fourth-order valence-corrected chi connectivity index (χ4v) is 1.21. The second kappa shape index (κ2) is 4.34. The molecule has 1 rings (SSSR count). The van der Waals surface area contributed by atoms with Crippen LogP contribution in [0, 0.1) is 20.2 Å². The van der Waals surface area contributed by atoms with Crippen molar-refractivity contribution in [3.8, 4) is 5.75 Å². The third kappa shape index (κ3) is 1.80. The van der Waals surface area contributed by atoms with E-state index in [9.17, 15) is 25.0 Å². The first-order valence-electron chi connectivity index (χ1n) is 3.97. The van der Waals surface area contributed by atoms with Crippen molar-refractivity contribution in [3.63, 3.8) is 0 Å². The fourth-order valence-electron chi connectivity index (χ4n) is 1.21. The molecule has 0 aliphatic carbocycles. The van der Waals surface area contributed by atoms with E-state index in [0.29, 0.717) is 0 Å². The van der Waals surface area contributed by atoms with Gasteiger partial charge in [-0.15, -0.1) is 0 Å². The summed E-state index contributed by atoms with van der Waals surface area (Å²) < 4.78 is 4.66. The van der Waals surface area contributed by atoms with Crippen molar-refractivity contribution in [3.05, 3.63) is 37.9 Å². The summed E-state index contributed by atoms with van der Waals surface area (Å²) >= 11 is 0. The quantitative estimate of drug-likeness (QED) is 0.434. The maximum atomic E-state index is 10.7. The summed E-state index contributed by atoms with van der Waals surface area (Å²) in [7, 11) is 1.17. The van der Waals surface area contributed by atoms with Crippen LogP contribution in [0.1, 0.15) is 10.4 Å². The van der Waals surface area contributed by atoms with Gasteiger partial charge in [0.15, 0.2) is 17.6 Å². The Bertz CT molecular complexity index is 470. The number of ether oxygens (including phenoxy) is 1. The van der Waals surface area contributed by atoms with E-state index in [2.05, 4.69) is 4.74 Å². The lowest BCUT2D eigenvalue weighted by Gasteiger charge is -2.03. The van der Waals surface area contributed by atoms with Crippen molar-refractivity contribution in [2.24, 2.45) is 0 Å². The summed E-state index contributed by atoms with van der Waals surface area (Å²) in [5.41, 5.74) is -1.93. The third-order valence-corrected chi connectivity index (χ3v) is 1.87. The SMILES string of the molecule is COc1ccc([N+](=O)[O-])c(C=O)c1[N+](=O)[O-]. The predicted octanol–water partition coefficient (Wildman–Crippen LogP) is 1.32. The monoisotopic (exact) mass is 226 g/mol. The van der Waals surface area contributed by atoms with Crippen molar-refractivity contribution < 1.29 is 19.4 Å². The molecule has 8 nitrogen and oxygen atoms in total. The number of nitrogens with zero attached hydrogens (tertiary/aromatic N) is 2. The Labute approximate surface area is 88.7 Å². The zero-order chi connectivity index (χ0) is 12.3. The Morgan fingerprint density at radius 3 is 2.25 bits per heavy atom. The molecule has 1 aromatic carbocycles. The molecule has 0 aliphatic heterocycles. The standard InChI is InChI=1S/C8H6N2O6/c1-16-7-3-2-6(9(12)13)5(4-11)8(7)10(14)15/h2-4H,1H3. The van der Waals surface area contributed by atoms with Crippen LogP contribution in [0.4, 0.5) is 11.4 Å². The van der Waals surface area contributed by atoms with Gasteiger partial charge in [0.05, 0.1) is 17.0 Å². The van der Waals surface area contributed by atoms with Gasteiger partial charge in [0.1, 0.15) is 0 Å².